The van der Waals surface area contributed by atoms with Crippen molar-refractivity contribution in [2.24, 2.45) is 5.92 Å². The molecule has 0 aliphatic carbocycles. The van der Waals surface area contributed by atoms with E-state index in [-0.39, 0.29) is 30.6 Å². The van der Waals surface area contributed by atoms with Gasteiger partial charge in [0.05, 0.1) is 6.04 Å². The Morgan fingerprint density at radius 1 is 0.812 bits per heavy atom. The lowest BCUT2D eigenvalue weighted by molar-refractivity contribution is -0.133. The van der Waals surface area contributed by atoms with Crippen LogP contribution in [0.4, 0.5) is 0 Å². The molecule has 0 spiro atoms. The minimum atomic E-state index is -0.976. The molecule has 0 aromatic carbocycles. The summed E-state index contributed by atoms with van der Waals surface area (Å²) >= 11 is 0. The van der Waals surface area contributed by atoms with Crippen molar-refractivity contribution in [3.63, 3.8) is 0 Å². The van der Waals surface area contributed by atoms with Gasteiger partial charge in [-0.2, -0.15) is 0 Å². The smallest absolute Gasteiger partial charge is 0.243 e. The molecule has 0 aromatic rings. The SMILES string of the molecule is CC(=O)N[C@@H](CC(C)C)C(=O)N[C@@H](C)C(=O)N[C@@H](C)C(=O)N[C@H](C=O)CCC(=O)N(C)C. The lowest BCUT2D eigenvalue weighted by Crippen LogP contribution is -2.56. The van der Waals surface area contributed by atoms with Crippen molar-refractivity contribution in [2.75, 3.05) is 14.1 Å². The fourth-order valence-corrected chi connectivity index (χ4v) is 2.72. The van der Waals surface area contributed by atoms with E-state index < -0.39 is 41.9 Å². The Morgan fingerprint density at radius 2 is 1.31 bits per heavy atom. The average Bonchev–Trinajstić information content (AvgIpc) is 2.68. The molecule has 182 valence electrons. The predicted octanol–water partition coefficient (Wildman–Crippen LogP) is -0.901. The van der Waals surface area contributed by atoms with Crippen molar-refractivity contribution in [3.05, 3.63) is 0 Å². The summed E-state index contributed by atoms with van der Waals surface area (Å²) in [6.07, 6.45) is 1.17. The zero-order chi connectivity index (χ0) is 25.0. The third kappa shape index (κ3) is 11.4. The third-order valence-electron chi connectivity index (χ3n) is 4.57. The molecular weight excluding hydrogens is 418 g/mol. The van der Waals surface area contributed by atoms with Crippen LogP contribution in [0.2, 0.25) is 0 Å². The molecule has 0 rings (SSSR count). The van der Waals surface area contributed by atoms with E-state index in [1.54, 1.807) is 14.1 Å². The number of rotatable bonds is 13. The Morgan fingerprint density at radius 3 is 1.75 bits per heavy atom. The van der Waals surface area contributed by atoms with Gasteiger partial charge in [-0.15, -0.1) is 0 Å². The Bertz CT molecular complexity index is 694. The number of carbonyl (C=O) groups is 6. The summed E-state index contributed by atoms with van der Waals surface area (Å²) in [4.78, 5) is 72.7. The molecule has 0 aliphatic rings. The Labute approximate surface area is 189 Å². The van der Waals surface area contributed by atoms with E-state index >= 15 is 0 Å². The second-order valence-corrected chi connectivity index (χ2v) is 8.42. The van der Waals surface area contributed by atoms with E-state index in [1.165, 1.54) is 25.7 Å². The van der Waals surface area contributed by atoms with Gasteiger partial charge in [0.15, 0.2) is 0 Å². The lowest BCUT2D eigenvalue weighted by Gasteiger charge is -2.23. The van der Waals surface area contributed by atoms with Crippen LogP contribution in [-0.2, 0) is 28.8 Å². The van der Waals surface area contributed by atoms with Gasteiger partial charge in [-0.1, -0.05) is 13.8 Å². The summed E-state index contributed by atoms with van der Waals surface area (Å²) in [5.74, 6) is -2.08. The molecule has 0 fully saturated rings. The van der Waals surface area contributed by atoms with Crippen molar-refractivity contribution in [1.29, 1.82) is 0 Å². The number of amides is 5. The Hall–Kier alpha value is -2.98. The predicted molar refractivity (Wildman–Crippen MR) is 118 cm³/mol. The molecule has 32 heavy (non-hydrogen) atoms. The molecule has 0 saturated heterocycles. The van der Waals surface area contributed by atoms with Crippen LogP contribution in [0.5, 0.6) is 0 Å². The van der Waals surface area contributed by atoms with E-state index in [0.717, 1.165) is 0 Å². The first kappa shape index (κ1) is 29.0. The second-order valence-electron chi connectivity index (χ2n) is 8.42. The van der Waals surface area contributed by atoms with Crippen LogP contribution in [0.15, 0.2) is 0 Å². The first-order chi connectivity index (χ1) is 14.8. The van der Waals surface area contributed by atoms with E-state index in [4.69, 9.17) is 0 Å². The summed E-state index contributed by atoms with van der Waals surface area (Å²) in [6.45, 7) is 8.01. The first-order valence-corrected chi connectivity index (χ1v) is 10.6. The van der Waals surface area contributed by atoms with Crippen molar-refractivity contribution in [3.8, 4) is 0 Å². The molecule has 0 saturated carbocycles. The standard InChI is InChI=1S/C21H37N5O6/c1-12(2)10-17(24-15(5)28)21(32)23-13(3)19(30)22-14(4)20(31)25-16(11-27)8-9-18(29)26(6)7/h11-14,16-17H,8-10H2,1-7H3,(H,22,30)(H,23,32)(H,24,28)(H,25,31)/t13-,14-,16-,17-/m0/s1. The third-order valence-corrected chi connectivity index (χ3v) is 4.57. The number of aldehydes is 1. The van der Waals surface area contributed by atoms with Crippen LogP contribution in [0.25, 0.3) is 0 Å². The largest absolute Gasteiger partial charge is 0.349 e. The van der Waals surface area contributed by atoms with Crippen molar-refractivity contribution >= 4 is 35.8 Å². The van der Waals surface area contributed by atoms with Gasteiger partial charge in [-0.05, 0) is 32.6 Å². The van der Waals surface area contributed by atoms with E-state index in [1.807, 2.05) is 13.8 Å². The maximum atomic E-state index is 12.5. The van der Waals surface area contributed by atoms with Gasteiger partial charge in [-0.3, -0.25) is 24.0 Å². The van der Waals surface area contributed by atoms with Crippen molar-refractivity contribution < 1.29 is 28.8 Å². The molecule has 11 heteroatoms. The van der Waals surface area contributed by atoms with Gasteiger partial charge in [0.1, 0.15) is 24.4 Å². The second kappa shape index (κ2) is 14.2. The Kier molecular flexibility index (Phi) is 12.8. The molecule has 11 nitrogen and oxygen atoms in total. The van der Waals surface area contributed by atoms with Crippen LogP contribution in [0, 0.1) is 5.92 Å². The normalized spacial score (nSPS) is 14.4. The molecule has 0 radical (unpaired) electrons. The van der Waals surface area contributed by atoms with Crippen molar-refractivity contribution in [1.82, 2.24) is 26.2 Å². The summed E-state index contributed by atoms with van der Waals surface area (Å²) in [7, 11) is 3.19. The number of carbonyl (C=O) groups excluding carboxylic acids is 6. The molecule has 4 atom stereocenters. The van der Waals surface area contributed by atoms with Crippen LogP contribution in [0.3, 0.4) is 0 Å². The Balaban J connectivity index is 4.78. The van der Waals surface area contributed by atoms with Crippen LogP contribution in [-0.4, -0.2) is 79.0 Å². The summed E-state index contributed by atoms with van der Waals surface area (Å²) in [6, 6.07) is -3.57. The fourth-order valence-electron chi connectivity index (χ4n) is 2.72. The minimum Gasteiger partial charge on any atom is -0.349 e. The lowest BCUT2D eigenvalue weighted by atomic mass is 10.0. The van der Waals surface area contributed by atoms with Gasteiger partial charge < -0.3 is 31.0 Å². The highest BCUT2D eigenvalue weighted by atomic mass is 16.2. The molecule has 0 unspecified atom stereocenters. The first-order valence-electron chi connectivity index (χ1n) is 10.6. The zero-order valence-corrected chi connectivity index (χ0v) is 20.0. The number of nitrogens with one attached hydrogen (secondary N) is 4. The molecule has 4 N–H and O–H groups in total. The van der Waals surface area contributed by atoms with Crippen LogP contribution < -0.4 is 21.3 Å². The van der Waals surface area contributed by atoms with E-state index in [9.17, 15) is 28.8 Å². The highest BCUT2D eigenvalue weighted by Crippen LogP contribution is 2.05. The molecule has 5 amide bonds. The molecular formula is C21H37N5O6. The van der Waals surface area contributed by atoms with Gasteiger partial charge in [0.2, 0.25) is 29.5 Å². The van der Waals surface area contributed by atoms with Crippen molar-refractivity contribution in [2.45, 2.75) is 78.0 Å². The minimum absolute atomic E-state index is 0.0896. The van der Waals surface area contributed by atoms with E-state index in [2.05, 4.69) is 21.3 Å². The highest BCUT2D eigenvalue weighted by molar-refractivity contribution is 5.94. The van der Waals surface area contributed by atoms with Gasteiger partial charge in [0.25, 0.3) is 0 Å². The average molecular weight is 456 g/mol. The van der Waals surface area contributed by atoms with Gasteiger partial charge >= 0.3 is 0 Å². The summed E-state index contributed by atoms with van der Waals surface area (Å²) in [5.41, 5.74) is 0. The molecule has 0 heterocycles. The summed E-state index contributed by atoms with van der Waals surface area (Å²) < 4.78 is 0. The number of nitrogens with zero attached hydrogens (tertiary/aromatic N) is 1. The van der Waals surface area contributed by atoms with E-state index in [0.29, 0.717) is 12.7 Å². The quantitative estimate of drug-likeness (QED) is 0.264. The van der Waals surface area contributed by atoms with Crippen LogP contribution >= 0.6 is 0 Å². The fraction of sp³-hybridized carbons (Fsp3) is 0.714. The maximum absolute atomic E-state index is 12.5. The zero-order valence-electron chi connectivity index (χ0n) is 20.0. The molecule has 0 aliphatic heterocycles. The summed E-state index contributed by atoms with van der Waals surface area (Å²) in [5, 5.41) is 10.1. The van der Waals surface area contributed by atoms with Crippen LogP contribution in [0.1, 0.15) is 53.9 Å². The number of hydrogen-bond acceptors (Lipinski definition) is 6. The molecule has 0 bridgehead atoms. The van der Waals surface area contributed by atoms with Gasteiger partial charge in [-0.25, -0.2) is 0 Å². The highest BCUT2D eigenvalue weighted by Gasteiger charge is 2.26. The topological polar surface area (TPSA) is 154 Å². The van der Waals surface area contributed by atoms with Gasteiger partial charge in [0, 0.05) is 27.4 Å². The maximum Gasteiger partial charge on any atom is 0.243 e. The molecule has 0 aromatic heterocycles. The number of hydrogen-bond donors (Lipinski definition) is 4. The monoisotopic (exact) mass is 455 g/mol.